The Kier molecular flexibility index (Phi) is 4.62. The van der Waals surface area contributed by atoms with Gasteiger partial charge in [0.2, 0.25) is 0 Å². The largest absolute Gasteiger partial charge is 0.194 e. The summed E-state index contributed by atoms with van der Waals surface area (Å²) < 4.78 is 1.03. The van der Waals surface area contributed by atoms with E-state index < -0.39 is 0 Å². The van der Waals surface area contributed by atoms with Crippen molar-refractivity contribution in [3.63, 3.8) is 0 Å². The second kappa shape index (κ2) is 4.67. The summed E-state index contributed by atoms with van der Waals surface area (Å²) in [6.45, 7) is 0. The van der Waals surface area contributed by atoms with E-state index in [1.807, 2.05) is 30.3 Å². The van der Waals surface area contributed by atoms with Gasteiger partial charge < -0.3 is 0 Å². The molecule has 0 saturated heterocycles. The maximum Gasteiger partial charge on any atom is 0.0709 e. The minimum atomic E-state index is 0. The molecule has 0 saturated carbocycles. The first-order chi connectivity index (χ1) is 4.30. The molecule has 1 aromatic carbocycles. The first-order valence-corrected chi connectivity index (χ1v) is 3.15. The predicted octanol–water partition coefficient (Wildman–Crippen LogP) is 3.22. The van der Waals surface area contributed by atoms with Gasteiger partial charge >= 0.3 is 0 Å². The molecule has 0 spiro atoms. The van der Waals surface area contributed by atoms with E-state index in [9.17, 15) is 0 Å². The molecular formula is C6H6Cl3N. The summed E-state index contributed by atoms with van der Waals surface area (Å²) in [5.74, 6) is 0. The van der Waals surface area contributed by atoms with Crippen LogP contribution in [0.1, 0.15) is 0 Å². The normalized spacial score (nSPS) is 8.20. The Balaban J connectivity index is 0.000000810. The van der Waals surface area contributed by atoms with Gasteiger partial charge in [-0.25, -0.2) is 0 Å². The van der Waals surface area contributed by atoms with Gasteiger partial charge in [-0.15, -0.1) is 12.4 Å². The summed E-state index contributed by atoms with van der Waals surface area (Å²) in [4.78, 5) is 0. The highest BCUT2D eigenvalue weighted by Crippen LogP contribution is 2.16. The van der Waals surface area contributed by atoms with Gasteiger partial charge in [0, 0.05) is 23.6 Å². The fourth-order valence-corrected chi connectivity index (χ4v) is 0.766. The van der Waals surface area contributed by atoms with Crippen molar-refractivity contribution in [2.45, 2.75) is 0 Å². The molecule has 0 N–H and O–H groups in total. The lowest BCUT2D eigenvalue weighted by Gasteiger charge is -2.02. The molecule has 0 radical (unpaired) electrons. The van der Waals surface area contributed by atoms with Gasteiger partial charge in [-0.05, 0) is 12.1 Å². The van der Waals surface area contributed by atoms with Gasteiger partial charge in [0.25, 0.3) is 0 Å². The number of anilines is 1. The highest BCUT2D eigenvalue weighted by molar-refractivity contribution is 6.49. The van der Waals surface area contributed by atoms with Crippen LogP contribution in [0.15, 0.2) is 30.3 Å². The molecule has 0 heterocycles. The Hall–Kier alpha value is -0.110. The molecule has 4 heteroatoms. The lowest BCUT2D eigenvalue weighted by atomic mass is 10.3. The zero-order chi connectivity index (χ0) is 6.69. The topological polar surface area (TPSA) is 3.24 Å². The fraction of sp³-hybridized carbons (Fsp3) is 0. The summed E-state index contributed by atoms with van der Waals surface area (Å²) in [5, 5.41) is 0. The van der Waals surface area contributed by atoms with Crippen molar-refractivity contribution in [2.24, 2.45) is 0 Å². The van der Waals surface area contributed by atoms with Gasteiger partial charge in [0.15, 0.2) is 0 Å². The Morgan fingerprint density at radius 3 is 1.80 bits per heavy atom. The van der Waals surface area contributed by atoms with Crippen LogP contribution in [0.25, 0.3) is 0 Å². The Morgan fingerprint density at radius 2 is 1.50 bits per heavy atom. The monoisotopic (exact) mass is 197 g/mol. The van der Waals surface area contributed by atoms with Crippen molar-refractivity contribution in [3.05, 3.63) is 30.3 Å². The molecular weight excluding hydrogens is 192 g/mol. The van der Waals surface area contributed by atoms with Crippen LogP contribution in [0, 0.1) is 0 Å². The van der Waals surface area contributed by atoms with Crippen LogP contribution in [0.3, 0.4) is 0 Å². The highest BCUT2D eigenvalue weighted by Gasteiger charge is 1.93. The van der Waals surface area contributed by atoms with Crippen molar-refractivity contribution in [1.82, 2.24) is 0 Å². The van der Waals surface area contributed by atoms with Crippen molar-refractivity contribution < 1.29 is 0 Å². The molecule has 1 rings (SSSR count). The van der Waals surface area contributed by atoms with E-state index in [0.717, 1.165) is 9.63 Å². The third-order valence-corrected chi connectivity index (χ3v) is 1.34. The summed E-state index contributed by atoms with van der Waals surface area (Å²) in [5.41, 5.74) is 0.779. The molecule has 0 fully saturated rings. The number of rotatable bonds is 1. The average molecular weight is 198 g/mol. The molecule has 56 valence electrons. The lowest BCUT2D eigenvalue weighted by Crippen LogP contribution is -1.89. The van der Waals surface area contributed by atoms with E-state index in [4.69, 9.17) is 23.6 Å². The van der Waals surface area contributed by atoms with Gasteiger partial charge in [0.1, 0.15) is 0 Å². The molecule has 1 nitrogen and oxygen atoms in total. The van der Waals surface area contributed by atoms with Gasteiger partial charge in [0.05, 0.1) is 5.69 Å². The minimum Gasteiger partial charge on any atom is -0.194 e. The molecule has 0 amide bonds. The maximum absolute atomic E-state index is 5.40. The van der Waals surface area contributed by atoms with Crippen LogP contribution in [0.2, 0.25) is 0 Å². The Morgan fingerprint density at radius 1 is 1.00 bits per heavy atom. The molecule has 0 aliphatic carbocycles. The molecule has 0 aliphatic heterocycles. The van der Waals surface area contributed by atoms with Crippen molar-refractivity contribution >= 4 is 41.6 Å². The van der Waals surface area contributed by atoms with Crippen LogP contribution in [-0.4, -0.2) is 0 Å². The number of hydrogen-bond donors (Lipinski definition) is 0. The van der Waals surface area contributed by atoms with Crippen molar-refractivity contribution in [3.8, 4) is 0 Å². The molecule has 0 aliphatic rings. The van der Waals surface area contributed by atoms with Gasteiger partial charge in [-0.2, -0.15) is 3.94 Å². The fourth-order valence-electron chi connectivity index (χ4n) is 0.541. The Bertz CT molecular complexity index is 176. The lowest BCUT2D eigenvalue weighted by molar-refractivity contribution is 1.58. The zero-order valence-electron chi connectivity index (χ0n) is 5.00. The second-order valence-corrected chi connectivity index (χ2v) is 2.42. The SMILES string of the molecule is Cl.ClN(Cl)c1ccccc1. The average Bonchev–Trinajstić information content (AvgIpc) is 1.90. The molecule has 10 heavy (non-hydrogen) atoms. The van der Waals surface area contributed by atoms with E-state index in [2.05, 4.69) is 0 Å². The van der Waals surface area contributed by atoms with E-state index in [0.29, 0.717) is 0 Å². The van der Waals surface area contributed by atoms with Crippen LogP contribution in [-0.2, 0) is 0 Å². The molecule has 0 atom stereocenters. The highest BCUT2D eigenvalue weighted by atomic mass is 35.5. The summed E-state index contributed by atoms with van der Waals surface area (Å²) >= 11 is 10.8. The van der Waals surface area contributed by atoms with E-state index in [1.165, 1.54) is 0 Å². The molecule has 0 bridgehead atoms. The van der Waals surface area contributed by atoms with Crippen molar-refractivity contribution in [1.29, 1.82) is 0 Å². The summed E-state index contributed by atoms with van der Waals surface area (Å²) in [7, 11) is 0. The third-order valence-electron chi connectivity index (χ3n) is 0.951. The number of nitrogens with zero attached hydrogens (tertiary/aromatic N) is 1. The number of benzene rings is 1. The maximum atomic E-state index is 5.40. The van der Waals surface area contributed by atoms with Crippen LogP contribution in [0.5, 0.6) is 0 Å². The zero-order valence-corrected chi connectivity index (χ0v) is 7.33. The molecule has 1 aromatic rings. The number of halogens is 3. The van der Waals surface area contributed by atoms with Crippen molar-refractivity contribution in [2.75, 3.05) is 3.94 Å². The van der Waals surface area contributed by atoms with Crippen LogP contribution < -0.4 is 3.94 Å². The van der Waals surface area contributed by atoms with Crippen LogP contribution in [0.4, 0.5) is 5.69 Å². The minimum absolute atomic E-state index is 0. The van der Waals surface area contributed by atoms with E-state index in [1.54, 1.807) is 0 Å². The number of para-hydroxylation sites is 1. The van der Waals surface area contributed by atoms with E-state index >= 15 is 0 Å². The Labute approximate surface area is 76.2 Å². The second-order valence-electron chi connectivity index (χ2n) is 1.57. The third kappa shape index (κ3) is 2.65. The van der Waals surface area contributed by atoms with Gasteiger partial charge in [-0.3, -0.25) is 0 Å². The molecule has 0 aromatic heterocycles. The first-order valence-electron chi connectivity index (χ1n) is 2.47. The standard InChI is InChI=1S/C6H5Cl2N.ClH/c7-9(8)6-4-2-1-3-5-6;/h1-5H;1H. The summed E-state index contributed by atoms with van der Waals surface area (Å²) in [6, 6.07) is 9.28. The predicted molar refractivity (Wildman–Crippen MR) is 47.9 cm³/mol. The van der Waals surface area contributed by atoms with E-state index in [-0.39, 0.29) is 12.4 Å². The first kappa shape index (κ1) is 9.89. The molecule has 0 unspecified atom stereocenters. The van der Waals surface area contributed by atoms with Gasteiger partial charge in [-0.1, -0.05) is 18.2 Å². The smallest absolute Gasteiger partial charge is 0.0709 e. The number of hydrogen-bond acceptors (Lipinski definition) is 1. The quantitative estimate of drug-likeness (QED) is 0.626. The summed E-state index contributed by atoms with van der Waals surface area (Å²) in [6.07, 6.45) is 0. The van der Waals surface area contributed by atoms with Crippen LogP contribution >= 0.6 is 36.0 Å².